The summed E-state index contributed by atoms with van der Waals surface area (Å²) in [6.07, 6.45) is 2.43. The Kier molecular flexibility index (Phi) is 6.93. The molecule has 1 amide bonds. The van der Waals surface area contributed by atoms with Crippen molar-refractivity contribution >= 4 is 53.7 Å². The predicted octanol–water partition coefficient (Wildman–Crippen LogP) is 3.00. The van der Waals surface area contributed by atoms with Crippen LogP contribution in [-0.4, -0.2) is 68.9 Å². The van der Waals surface area contributed by atoms with Crippen molar-refractivity contribution in [3.63, 3.8) is 0 Å². The van der Waals surface area contributed by atoms with Gasteiger partial charge in [0, 0.05) is 32.8 Å². The van der Waals surface area contributed by atoms with Gasteiger partial charge in [-0.1, -0.05) is 19.6 Å². The Morgan fingerprint density at radius 3 is 2.53 bits per heavy atom. The summed E-state index contributed by atoms with van der Waals surface area (Å²) in [6.45, 7) is 7.75. The maximum Gasteiger partial charge on any atom is 0.404 e. The third kappa shape index (κ3) is 5.02. The average Bonchev–Trinajstić information content (AvgIpc) is 3.15. The van der Waals surface area contributed by atoms with Crippen LogP contribution in [0.25, 0.3) is 11.2 Å². The first kappa shape index (κ1) is 23.6. The first-order chi connectivity index (χ1) is 15.2. The van der Waals surface area contributed by atoms with Crippen LogP contribution >= 0.6 is 22.6 Å². The number of anilines is 1. The summed E-state index contributed by atoms with van der Waals surface area (Å²) in [5.74, 6) is 0.681. The van der Waals surface area contributed by atoms with Crippen LogP contribution < -0.4 is 10.2 Å². The minimum atomic E-state index is -1.17. The van der Waals surface area contributed by atoms with Gasteiger partial charge in [-0.15, -0.1) is 0 Å². The number of hydrogen-bond donors (Lipinski definition) is 3. The topological polar surface area (TPSA) is 126 Å². The molecule has 2 aromatic heterocycles. The highest BCUT2D eigenvalue weighted by Crippen LogP contribution is 2.40. The summed E-state index contributed by atoms with van der Waals surface area (Å²) < 4.78 is 8.38. The highest BCUT2D eigenvalue weighted by atomic mass is 127. The molecular formula is C20H31IN6O4Si. The second-order valence-electron chi connectivity index (χ2n) is 9.87. The Balaban J connectivity index is 1.60. The number of amides is 1. The van der Waals surface area contributed by atoms with E-state index in [2.05, 4.69) is 57.5 Å². The van der Waals surface area contributed by atoms with Crippen molar-refractivity contribution in [2.45, 2.75) is 82.8 Å². The van der Waals surface area contributed by atoms with E-state index in [1.165, 1.54) is 0 Å². The summed E-state index contributed by atoms with van der Waals surface area (Å²) in [5.41, 5.74) is 1.86. The molecule has 12 heteroatoms. The molecule has 0 aromatic carbocycles. The van der Waals surface area contributed by atoms with E-state index >= 15 is 0 Å². The smallest absolute Gasteiger partial charge is 0.404 e. The molecule has 0 spiro atoms. The molecule has 0 aliphatic carbocycles. The van der Waals surface area contributed by atoms with Gasteiger partial charge in [-0.25, -0.2) is 19.4 Å². The number of aliphatic hydroxyl groups excluding tert-OH is 1. The maximum absolute atomic E-state index is 11.1. The van der Waals surface area contributed by atoms with Gasteiger partial charge in [0.05, 0.1) is 6.61 Å². The highest BCUT2D eigenvalue weighted by Gasteiger charge is 2.43. The number of aromatic nitrogens is 4. The second-order valence-corrected chi connectivity index (χ2v) is 16.5. The fourth-order valence-corrected chi connectivity index (χ4v) is 6.10. The Labute approximate surface area is 201 Å². The number of nitrogens with one attached hydrogen (secondary N) is 1. The Morgan fingerprint density at radius 2 is 1.94 bits per heavy atom. The molecule has 176 valence electrons. The van der Waals surface area contributed by atoms with E-state index in [0.717, 1.165) is 35.4 Å². The molecule has 3 N–H and O–H groups in total. The summed E-state index contributed by atoms with van der Waals surface area (Å²) in [6, 6.07) is 1.37. The predicted molar refractivity (Wildman–Crippen MR) is 132 cm³/mol. The molecule has 10 nitrogen and oxygen atoms in total. The molecule has 0 radical (unpaired) electrons. The number of carboxylic acid groups (broad SMARTS) is 1. The molecule has 2 aliphatic heterocycles. The third-order valence-electron chi connectivity index (χ3n) is 6.24. The monoisotopic (exact) mass is 574 g/mol. The van der Waals surface area contributed by atoms with Crippen molar-refractivity contribution in [1.29, 1.82) is 0 Å². The standard InChI is InChI=1S/C20H31IN6O4Si/c1-32(2,3)7-6-31-11-26-19-16(17(21)25-26)23-15(10-28)18(24-19)27-13-4-5-14(27)9-12(8-13)22-20(29)30/h12-14,22,28H,4-11H2,1-3H3,(H,29,30)/t12-,13-,14+. The number of piperidine rings is 1. The fraction of sp³-hybridized carbons (Fsp3) is 0.700. The van der Waals surface area contributed by atoms with E-state index in [1.54, 1.807) is 4.68 Å². The number of fused-ring (bicyclic) bond motifs is 3. The van der Waals surface area contributed by atoms with Crippen molar-refractivity contribution in [2.75, 3.05) is 11.5 Å². The van der Waals surface area contributed by atoms with E-state index in [4.69, 9.17) is 19.8 Å². The van der Waals surface area contributed by atoms with Crippen LogP contribution in [-0.2, 0) is 18.1 Å². The SMILES string of the molecule is C[Si](C)(C)CCOCn1nc(I)c2nc(CO)c(N3[C@@H]4CC[C@H]3C[C@H](NC(=O)O)C4)nc21. The van der Waals surface area contributed by atoms with Gasteiger partial charge in [0.25, 0.3) is 0 Å². The lowest BCUT2D eigenvalue weighted by Gasteiger charge is -2.40. The van der Waals surface area contributed by atoms with Crippen molar-refractivity contribution in [3.8, 4) is 0 Å². The number of halogens is 1. The van der Waals surface area contributed by atoms with Crippen LogP contribution in [0.5, 0.6) is 0 Å². The Morgan fingerprint density at radius 1 is 1.25 bits per heavy atom. The summed E-state index contributed by atoms with van der Waals surface area (Å²) >= 11 is 2.14. The molecule has 2 aliphatic rings. The minimum Gasteiger partial charge on any atom is -0.465 e. The van der Waals surface area contributed by atoms with E-state index < -0.39 is 14.2 Å². The van der Waals surface area contributed by atoms with E-state index in [9.17, 15) is 9.90 Å². The van der Waals surface area contributed by atoms with Crippen LogP contribution in [0.3, 0.4) is 0 Å². The molecule has 2 aromatic rings. The van der Waals surface area contributed by atoms with Gasteiger partial charge in [0.15, 0.2) is 15.2 Å². The maximum atomic E-state index is 11.1. The third-order valence-corrected chi connectivity index (χ3v) is 8.67. The van der Waals surface area contributed by atoms with Crippen LogP contribution in [0, 0.1) is 3.70 Å². The van der Waals surface area contributed by atoms with Gasteiger partial charge in [-0.3, -0.25) is 0 Å². The van der Waals surface area contributed by atoms with Crippen LogP contribution in [0.15, 0.2) is 0 Å². The largest absolute Gasteiger partial charge is 0.465 e. The number of rotatable bonds is 8. The van der Waals surface area contributed by atoms with E-state index in [-0.39, 0.29) is 24.7 Å². The normalized spacial score (nSPS) is 23.2. The zero-order valence-corrected chi connectivity index (χ0v) is 21.9. The molecule has 2 bridgehead atoms. The van der Waals surface area contributed by atoms with E-state index in [1.807, 2.05) is 0 Å². The molecule has 32 heavy (non-hydrogen) atoms. The first-order valence-corrected chi connectivity index (χ1v) is 15.8. The Hall–Kier alpha value is -1.51. The number of nitrogens with zero attached hydrogens (tertiary/aromatic N) is 5. The number of hydrogen-bond acceptors (Lipinski definition) is 7. The van der Waals surface area contributed by atoms with Gasteiger partial charge >= 0.3 is 6.09 Å². The van der Waals surface area contributed by atoms with Crippen molar-refractivity contribution in [1.82, 2.24) is 25.1 Å². The van der Waals surface area contributed by atoms with Gasteiger partial charge < -0.3 is 25.2 Å². The van der Waals surface area contributed by atoms with Crippen LogP contribution in [0.4, 0.5) is 10.6 Å². The summed E-state index contributed by atoms with van der Waals surface area (Å²) in [4.78, 5) is 23.0. The van der Waals surface area contributed by atoms with E-state index in [0.29, 0.717) is 36.0 Å². The molecule has 0 unspecified atom stereocenters. The lowest BCUT2D eigenvalue weighted by Crippen LogP contribution is -2.51. The van der Waals surface area contributed by atoms with Gasteiger partial charge in [0.1, 0.15) is 17.9 Å². The van der Waals surface area contributed by atoms with Crippen molar-refractivity contribution in [2.24, 2.45) is 0 Å². The first-order valence-electron chi connectivity index (χ1n) is 11.1. The Bertz CT molecular complexity index is 983. The zero-order valence-electron chi connectivity index (χ0n) is 18.7. The summed E-state index contributed by atoms with van der Waals surface area (Å²) in [5, 5.41) is 26.4. The molecule has 2 fully saturated rings. The second kappa shape index (κ2) is 9.39. The molecular weight excluding hydrogens is 543 g/mol. The molecule has 2 saturated heterocycles. The number of ether oxygens (including phenoxy) is 1. The minimum absolute atomic E-state index is 0.0539. The summed E-state index contributed by atoms with van der Waals surface area (Å²) in [7, 11) is -1.17. The van der Waals surface area contributed by atoms with Gasteiger partial charge in [-0.2, -0.15) is 5.10 Å². The van der Waals surface area contributed by atoms with Crippen LogP contribution in [0.1, 0.15) is 31.4 Å². The van der Waals surface area contributed by atoms with Crippen molar-refractivity contribution < 1.29 is 19.7 Å². The van der Waals surface area contributed by atoms with Crippen molar-refractivity contribution in [3.05, 3.63) is 9.39 Å². The molecule has 0 saturated carbocycles. The fourth-order valence-electron chi connectivity index (χ4n) is 4.72. The number of aliphatic hydroxyl groups is 1. The molecule has 3 atom stereocenters. The number of carbonyl (C=O) groups is 1. The lowest BCUT2D eigenvalue weighted by molar-refractivity contribution is 0.0810. The van der Waals surface area contributed by atoms with Crippen LogP contribution in [0.2, 0.25) is 25.7 Å². The van der Waals surface area contributed by atoms with Gasteiger partial charge in [-0.05, 0) is 54.3 Å². The molecule has 4 rings (SSSR count). The highest BCUT2D eigenvalue weighted by molar-refractivity contribution is 14.1. The average molecular weight is 574 g/mol. The quantitative estimate of drug-likeness (QED) is 0.250. The zero-order chi connectivity index (χ0) is 23.0. The molecule has 4 heterocycles. The van der Waals surface area contributed by atoms with Gasteiger partial charge in [0.2, 0.25) is 0 Å². The lowest BCUT2D eigenvalue weighted by atomic mass is 9.97.